The standard InChI is InChI=1S/C20H21N7O5S4.ClH/c21-19-23-11(7-34-19)12(26-32-10-3-1-2-4-10)15(28)24-13-16(29)27-14(18(30)31)9(5-33-17(13)27)6-35-20-25-22-8-36-20;/h7-8,10,13,17H,1-6H2,(H2,21,23)(H,24,28)(H,30,31);1H/t13?,17-;/m0./s1. The quantitative estimate of drug-likeness (QED) is 0.166. The van der Waals surface area contributed by atoms with Crippen LogP contribution in [0.1, 0.15) is 31.4 Å². The molecule has 198 valence electrons. The zero-order valence-electron chi connectivity index (χ0n) is 19.1. The van der Waals surface area contributed by atoms with Crippen LogP contribution in [0.3, 0.4) is 0 Å². The number of aromatic nitrogens is 3. The lowest BCUT2D eigenvalue weighted by Gasteiger charge is -2.49. The van der Waals surface area contributed by atoms with Crippen molar-refractivity contribution in [2.24, 2.45) is 5.16 Å². The fourth-order valence-electron chi connectivity index (χ4n) is 4.10. The summed E-state index contributed by atoms with van der Waals surface area (Å²) in [6.07, 6.45) is 3.72. The lowest BCUT2D eigenvalue weighted by atomic mass is 10.0. The summed E-state index contributed by atoms with van der Waals surface area (Å²) in [7, 11) is 0. The number of oxime groups is 1. The number of thioether (sulfide) groups is 2. The Morgan fingerprint density at radius 3 is 2.76 bits per heavy atom. The number of hydrogen-bond acceptors (Lipinski definition) is 13. The van der Waals surface area contributed by atoms with Crippen LogP contribution in [0.4, 0.5) is 5.13 Å². The highest BCUT2D eigenvalue weighted by Crippen LogP contribution is 2.41. The lowest BCUT2D eigenvalue weighted by molar-refractivity contribution is -0.150. The zero-order valence-corrected chi connectivity index (χ0v) is 23.1. The molecule has 4 N–H and O–H groups in total. The molecule has 3 aliphatic rings. The summed E-state index contributed by atoms with van der Waals surface area (Å²) in [4.78, 5) is 49.2. The first-order valence-electron chi connectivity index (χ1n) is 11.0. The third kappa shape index (κ3) is 5.87. The molecular weight excluding hydrogens is 582 g/mol. The van der Waals surface area contributed by atoms with Crippen molar-refractivity contribution in [3.05, 3.63) is 27.9 Å². The molecule has 1 saturated carbocycles. The van der Waals surface area contributed by atoms with E-state index in [-0.39, 0.29) is 40.7 Å². The molecule has 2 aliphatic heterocycles. The molecule has 37 heavy (non-hydrogen) atoms. The molecule has 0 bridgehead atoms. The molecule has 12 nitrogen and oxygen atoms in total. The SMILES string of the molecule is Cl.Nc1nc(C(=NOC2CCCC2)C(=O)NC2C(=O)N3C(C(=O)O)=C(CSc4nncs4)CS[C@@H]23)cs1. The van der Waals surface area contributed by atoms with Gasteiger partial charge < -0.3 is 21.0 Å². The number of nitrogens with one attached hydrogen (secondary N) is 1. The van der Waals surface area contributed by atoms with E-state index in [0.29, 0.717) is 21.4 Å². The van der Waals surface area contributed by atoms with Gasteiger partial charge in [-0.25, -0.2) is 9.78 Å². The Bertz CT molecular complexity index is 1230. The van der Waals surface area contributed by atoms with Crippen LogP contribution in [0.2, 0.25) is 0 Å². The van der Waals surface area contributed by atoms with E-state index in [0.717, 1.165) is 37.0 Å². The molecule has 2 amide bonds. The number of nitrogens with zero attached hydrogens (tertiary/aromatic N) is 5. The minimum absolute atomic E-state index is 0. The van der Waals surface area contributed by atoms with E-state index < -0.39 is 29.2 Å². The Morgan fingerprint density at radius 2 is 2.11 bits per heavy atom. The van der Waals surface area contributed by atoms with Crippen LogP contribution in [-0.4, -0.2) is 77.7 Å². The van der Waals surface area contributed by atoms with Gasteiger partial charge in [0, 0.05) is 16.9 Å². The number of β-lactam (4-membered cyclic amide) rings is 1. The van der Waals surface area contributed by atoms with Crippen molar-refractivity contribution < 1.29 is 24.3 Å². The maximum Gasteiger partial charge on any atom is 0.352 e. The average Bonchev–Trinajstić information content (AvgIpc) is 3.64. The first kappa shape index (κ1) is 27.6. The summed E-state index contributed by atoms with van der Waals surface area (Å²) in [6.45, 7) is 0. The molecule has 0 spiro atoms. The van der Waals surface area contributed by atoms with Crippen LogP contribution in [0.5, 0.6) is 0 Å². The highest BCUT2D eigenvalue weighted by Gasteiger charge is 2.54. The van der Waals surface area contributed by atoms with Gasteiger partial charge in [0.1, 0.15) is 34.4 Å². The zero-order chi connectivity index (χ0) is 25.2. The fourth-order valence-corrected chi connectivity index (χ4v) is 7.62. The number of fused-ring (bicyclic) bond motifs is 1. The summed E-state index contributed by atoms with van der Waals surface area (Å²) < 4.78 is 0.716. The number of nitrogen functional groups attached to an aromatic ring is 1. The van der Waals surface area contributed by atoms with E-state index in [1.54, 1.807) is 10.9 Å². The van der Waals surface area contributed by atoms with Gasteiger partial charge >= 0.3 is 5.97 Å². The van der Waals surface area contributed by atoms with Crippen molar-refractivity contribution in [3.63, 3.8) is 0 Å². The van der Waals surface area contributed by atoms with Crippen LogP contribution in [0.25, 0.3) is 0 Å². The number of carboxylic acids is 1. The molecule has 2 aromatic rings. The highest BCUT2D eigenvalue weighted by molar-refractivity contribution is 8.01. The molecule has 1 aliphatic carbocycles. The van der Waals surface area contributed by atoms with Crippen molar-refractivity contribution in [3.8, 4) is 0 Å². The average molecular weight is 604 g/mol. The Hall–Kier alpha value is -2.40. The summed E-state index contributed by atoms with van der Waals surface area (Å²) in [6, 6.07) is -0.901. The number of halogens is 1. The number of carboxylic acid groups (broad SMARTS) is 1. The molecule has 2 aromatic heterocycles. The van der Waals surface area contributed by atoms with Crippen molar-refractivity contribution in [2.45, 2.75) is 47.5 Å². The second kappa shape index (κ2) is 12.0. The Morgan fingerprint density at radius 1 is 1.32 bits per heavy atom. The molecule has 2 fully saturated rings. The van der Waals surface area contributed by atoms with Crippen LogP contribution in [-0.2, 0) is 19.2 Å². The van der Waals surface area contributed by atoms with Gasteiger partial charge in [0.05, 0.1) is 0 Å². The topological polar surface area (TPSA) is 173 Å². The van der Waals surface area contributed by atoms with E-state index >= 15 is 0 Å². The number of anilines is 1. The summed E-state index contributed by atoms with van der Waals surface area (Å²) in [5.41, 5.74) is 8.11. The number of amides is 2. The highest BCUT2D eigenvalue weighted by atomic mass is 35.5. The molecule has 2 atom stereocenters. The summed E-state index contributed by atoms with van der Waals surface area (Å²) in [5.74, 6) is -1.53. The number of aliphatic carboxylic acids is 1. The molecular formula is C20H22ClN7O5S4. The van der Waals surface area contributed by atoms with Crippen LogP contribution in [0.15, 0.2) is 31.7 Å². The lowest BCUT2D eigenvalue weighted by Crippen LogP contribution is -2.71. The number of hydrogen-bond donors (Lipinski definition) is 3. The van der Waals surface area contributed by atoms with E-state index in [9.17, 15) is 19.5 Å². The van der Waals surface area contributed by atoms with Crippen molar-refractivity contribution in [1.82, 2.24) is 25.4 Å². The van der Waals surface area contributed by atoms with Crippen LogP contribution >= 0.6 is 58.6 Å². The second-order valence-electron chi connectivity index (χ2n) is 8.13. The fraction of sp³-hybridized carbons (Fsp3) is 0.450. The Kier molecular flexibility index (Phi) is 8.94. The second-order valence-corrected chi connectivity index (χ2v) is 12.2. The van der Waals surface area contributed by atoms with Crippen molar-refractivity contribution in [2.75, 3.05) is 17.2 Å². The Balaban J connectivity index is 0.00000320. The van der Waals surface area contributed by atoms with Gasteiger partial charge in [-0.15, -0.1) is 45.7 Å². The minimum atomic E-state index is -1.18. The molecule has 0 radical (unpaired) electrons. The predicted molar refractivity (Wildman–Crippen MR) is 144 cm³/mol. The molecule has 1 unspecified atom stereocenters. The predicted octanol–water partition coefficient (Wildman–Crippen LogP) is 2.19. The summed E-state index contributed by atoms with van der Waals surface area (Å²) in [5, 5.41) is 25.7. The normalized spacial score (nSPS) is 21.8. The monoisotopic (exact) mass is 603 g/mol. The summed E-state index contributed by atoms with van der Waals surface area (Å²) >= 11 is 5.29. The van der Waals surface area contributed by atoms with Gasteiger partial charge in [0.25, 0.3) is 11.8 Å². The van der Waals surface area contributed by atoms with E-state index in [1.165, 1.54) is 39.8 Å². The van der Waals surface area contributed by atoms with Gasteiger partial charge in [-0.3, -0.25) is 14.5 Å². The van der Waals surface area contributed by atoms with Gasteiger partial charge in [-0.2, -0.15) is 0 Å². The van der Waals surface area contributed by atoms with Crippen molar-refractivity contribution in [1.29, 1.82) is 0 Å². The maximum absolute atomic E-state index is 13.2. The first-order chi connectivity index (χ1) is 17.4. The first-order valence-corrected chi connectivity index (χ1v) is 14.8. The van der Waals surface area contributed by atoms with Gasteiger partial charge in [0.15, 0.2) is 15.2 Å². The van der Waals surface area contributed by atoms with Crippen LogP contribution in [0, 0.1) is 0 Å². The van der Waals surface area contributed by atoms with Gasteiger partial charge in [-0.1, -0.05) is 28.3 Å². The third-order valence-electron chi connectivity index (χ3n) is 5.82. The van der Waals surface area contributed by atoms with Gasteiger partial charge in [0.2, 0.25) is 0 Å². The molecule has 0 aromatic carbocycles. The third-order valence-corrected chi connectivity index (χ3v) is 9.78. The van der Waals surface area contributed by atoms with E-state index in [1.807, 2.05) is 0 Å². The molecule has 5 rings (SSSR count). The molecule has 17 heteroatoms. The number of rotatable bonds is 9. The maximum atomic E-state index is 13.2. The van der Waals surface area contributed by atoms with E-state index in [4.69, 9.17) is 10.6 Å². The number of carbonyl (C=O) groups excluding carboxylic acids is 2. The smallest absolute Gasteiger partial charge is 0.352 e. The molecule has 4 heterocycles. The van der Waals surface area contributed by atoms with Gasteiger partial charge in [-0.05, 0) is 31.3 Å². The minimum Gasteiger partial charge on any atom is -0.477 e. The van der Waals surface area contributed by atoms with Crippen LogP contribution < -0.4 is 11.1 Å². The van der Waals surface area contributed by atoms with E-state index in [2.05, 4.69) is 25.7 Å². The Labute approximate surface area is 233 Å². The largest absolute Gasteiger partial charge is 0.477 e. The number of thiazole rings is 1. The molecule has 1 saturated heterocycles. The van der Waals surface area contributed by atoms with Crippen molar-refractivity contribution >= 4 is 87.2 Å². The number of carbonyl (C=O) groups is 3. The number of nitrogens with two attached hydrogens (primary N) is 1.